The number of hydrogen-bond donors (Lipinski definition) is 2. The van der Waals surface area contributed by atoms with Crippen LogP contribution in [-0.4, -0.2) is 23.0 Å². The Morgan fingerprint density at radius 3 is 2.94 bits per heavy atom. The van der Waals surface area contributed by atoms with E-state index in [0.717, 1.165) is 0 Å². The van der Waals surface area contributed by atoms with E-state index in [-0.39, 0.29) is 12.5 Å². The summed E-state index contributed by atoms with van der Waals surface area (Å²) in [5.74, 6) is -0.848. The van der Waals surface area contributed by atoms with Gasteiger partial charge in [0.05, 0.1) is 6.61 Å². The van der Waals surface area contributed by atoms with Crippen molar-refractivity contribution in [3.63, 3.8) is 0 Å². The number of anilines is 1. The number of benzene rings is 1. The first kappa shape index (κ1) is 12.1. The molecule has 0 radical (unpaired) electrons. The minimum atomic E-state index is -0.791. The molecular weight excluding hydrogens is 234 g/mol. The van der Waals surface area contributed by atoms with E-state index >= 15 is 0 Å². The summed E-state index contributed by atoms with van der Waals surface area (Å²) in [6.07, 6.45) is 2.60. The van der Waals surface area contributed by atoms with Gasteiger partial charge in [0, 0.05) is 11.8 Å². The summed E-state index contributed by atoms with van der Waals surface area (Å²) in [5, 5.41) is 18.5. The molecule has 2 rings (SSSR count). The van der Waals surface area contributed by atoms with Crippen LogP contribution >= 0.6 is 0 Å². The molecule has 0 saturated heterocycles. The maximum Gasteiger partial charge on any atom is 0.287 e. The number of nitrogens with zero attached hydrogens (tertiary/aromatic N) is 2. The molecule has 1 unspecified atom stereocenters. The fourth-order valence-corrected chi connectivity index (χ4v) is 1.47. The van der Waals surface area contributed by atoms with Crippen LogP contribution in [0, 0.1) is 0 Å². The highest BCUT2D eigenvalue weighted by Crippen LogP contribution is 2.12. The minimum absolute atomic E-state index is 0.0960. The molecule has 0 fully saturated rings. The van der Waals surface area contributed by atoms with E-state index in [2.05, 4.69) is 15.5 Å². The van der Waals surface area contributed by atoms with Crippen LogP contribution in [0.5, 0.6) is 0 Å². The molecule has 1 aliphatic rings. The van der Waals surface area contributed by atoms with Gasteiger partial charge in [0.1, 0.15) is 0 Å². The van der Waals surface area contributed by atoms with E-state index < -0.39 is 11.9 Å². The predicted octanol–water partition coefficient (Wildman–Crippen LogP) is 1.03. The fourth-order valence-electron chi connectivity index (χ4n) is 1.47. The number of azo groups is 1. The summed E-state index contributed by atoms with van der Waals surface area (Å²) < 4.78 is 0. The van der Waals surface area contributed by atoms with Crippen molar-refractivity contribution in [1.29, 1.82) is 0 Å². The average Bonchev–Trinajstić information content (AvgIpc) is 2.39. The van der Waals surface area contributed by atoms with Gasteiger partial charge in [0.25, 0.3) is 11.8 Å². The van der Waals surface area contributed by atoms with E-state index in [1.54, 1.807) is 24.3 Å². The van der Waals surface area contributed by atoms with Gasteiger partial charge in [-0.1, -0.05) is 12.1 Å². The smallest absolute Gasteiger partial charge is 0.287 e. The van der Waals surface area contributed by atoms with Crippen molar-refractivity contribution in [1.82, 2.24) is 0 Å². The van der Waals surface area contributed by atoms with E-state index in [1.807, 2.05) is 0 Å². The van der Waals surface area contributed by atoms with Gasteiger partial charge in [-0.05, 0) is 23.8 Å². The van der Waals surface area contributed by atoms with E-state index in [0.29, 0.717) is 11.3 Å². The molecule has 18 heavy (non-hydrogen) atoms. The molecule has 1 aromatic rings. The van der Waals surface area contributed by atoms with Crippen molar-refractivity contribution in [2.24, 2.45) is 10.2 Å². The first-order valence-corrected chi connectivity index (χ1v) is 5.33. The first-order valence-electron chi connectivity index (χ1n) is 5.33. The van der Waals surface area contributed by atoms with Gasteiger partial charge in [-0.25, -0.2) is 0 Å². The van der Waals surface area contributed by atoms with Crippen molar-refractivity contribution >= 4 is 17.5 Å². The second-order valence-electron chi connectivity index (χ2n) is 3.71. The van der Waals surface area contributed by atoms with Gasteiger partial charge in [-0.3, -0.25) is 9.59 Å². The van der Waals surface area contributed by atoms with Gasteiger partial charge in [-0.15, -0.1) is 5.11 Å². The molecule has 1 atom stereocenters. The molecule has 1 heterocycles. The van der Waals surface area contributed by atoms with Gasteiger partial charge in [0.2, 0.25) is 0 Å². The van der Waals surface area contributed by atoms with Crippen LogP contribution in [0.3, 0.4) is 0 Å². The fraction of sp³-hybridized carbons (Fsp3) is 0.167. The summed E-state index contributed by atoms with van der Waals surface area (Å²) >= 11 is 0. The highest BCUT2D eigenvalue weighted by molar-refractivity contribution is 5.98. The lowest BCUT2D eigenvalue weighted by molar-refractivity contribution is -0.117. The number of amides is 2. The van der Waals surface area contributed by atoms with Crippen LogP contribution in [0.25, 0.3) is 0 Å². The molecule has 92 valence electrons. The summed E-state index contributed by atoms with van der Waals surface area (Å²) in [7, 11) is 0. The second-order valence-corrected chi connectivity index (χ2v) is 3.71. The van der Waals surface area contributed by atoms with Gasteiger partial charge < -0.3 is 10.4 Å². The van der Waals surface area contributed by atoms with E-state index in [1.165, 1.54) is 12.2 Å². The third-order valence-corrected chi connectivity index (χ3v) is 2.35. The van der Waals surface area contributed by atoms with Crippen LogP contribution in [0.2, 0.25) is 0 Å². The van der Waals surface area contributed by atoms with Crippen molar-refractivity contribution in [3.8, 4) is 0 Å². The molecule has 2 N–H and O–H groups in total. The van der Waals surface area contributed by atoms with Gasteiger partial charge >= 0.3 is 0 Å². The van der Waals surface area contributed by atoms with Crippen molar-refractivity contribution < 1.29 is 14.7 Å². The Morgan fingerprint density at radius 2 is 2.28 bits per heavy atom. The summed E-state index contributed by atoms with van der Waals surface area (Å²) in [6, 6.07) is 6.04. The average molecular weight is 245 g/mol. The Kier molecular flexibility index (Phi) is 3.59. The monoisotopic (exact) mass is 245 g/mol. The lowest BCUT2D eigenvalue weighted by atomic mass is 10.2. The molecule has 0 aromatic heterocycles. The Labute approximate surface area is 103 Å². The van der Waals surface area contributed by atoms with Crippen LogP contribution in [0.1, 0.15) is 5.56 Å². The van der Waals surface area contributed by atoms with Crippen LogP contribution in [0.15, 0.2) is 46.6 Å². The Morgan fingerprint density at radius 1 is 1.44 bits per heavy atom. The number of carbonyl (C=O) groups excluding carboxylic acids is 2. The minimum Gasteiger partial charge on any atom is -0.392 e. The van der Waals surface area contributed by atoms with Crippen molar-refractivity contribution in [3.05, 3.63) is 42.0 Å². The van der Waals surface area contributed by atoms with E-state index in [9.17, 15) is 9.59 Å². The maximum atomic E-state index is 11.8. The molecule has 1 aromatic carbocycles. The van der Waals surface area contributed by atoms with Crippen molar-refractivity contribution in [2.75, 3.05) is 5.32 Å². The quantitative estimate of drug-likeness (QED) is 0.833. The Balaban J connectivity index is 2.05. The molecule has 6 heteroatoms. The number of aliphatic hydroxyl groups excluding tert-OH is 1. The number of aliphatic hydroxyl groups is 1. The number of nitrogens with one attached hydrogen (secondary N) is 1. The molecule has 6 nitrogen and oxygen atoms in total. The Bertz CT molecular complexity index is 521. The summed E-state index contributed by atoms with van der Waals surface area (Å²) in [6.45, 7) is -0.0960. The van der Waals surface area contributed by atoms with Gasteiger partial charge in [-0.2, -0.15) is 5.11 Å². The zero-order valence-corrected chi connectivity index (χ0v) is 9.41. The largest absolute Gasteiger partial charge is 0.392 e. The van der Waals surface area contributed by atoms with E-state index in [4.69, 9.17) is 5.11 Å². The molecule has 2 amide bonds. The predicted molar refractivity (Wildman–Crippen MR) is 63.8 cm³/mol. The number of carbonyl (C=O) groups is 2. The number of rotatable bonds is 3. The molecule has 1 aliphatic heterocycles. The second kappa shape index (κ2) is 5.33. The van der Waals surface area contributed by atoms with Gasteiger partial charge in [0.15, 0.2) is 6.04 Å². The third kappa shape index (κ3) is 2.86. The summed E-state index contributed by atoms with van der Waals surface area (Å²) in [4.78, 5) is 22.6. The number of hydrogen-bond acceptors (Lipinski definition) is 4. The molecule has 0 aliphatic carbocycles. The molecular formula is C12H11N3O3. The topological polar surface area (TPSA) is 91.1 Å². The maximum absolute atomic E-state index is 11.8. The van der Waals surface area contributed by atoms with Crippen LogP contribution < -0.4 is 5.32 Å². The Hall–Kier alpha value is -2.34. The molecule has 0 saturated carbocycles. The first-order chi connectivity index (χ1) is 8.69. The third-order valence-electron chi connectivity index (χ3n) is 2.35. The lowest BCUT2D eigenvalue weighted by Gasteiger charge is -2.10. The molecule has 0 spiro atoms. The normalized spacial score (nSPS) is 17.8. The van der Waals surface area contributed by atoms with Crippen molar-refractivity contribution in [2.45, 2.75) is 12.6 Å². The summed E-state index contributed by atoms with van der Waals surface area (Å²) in [5.41, 5.74) is 1.26. The highest BCUT2D eigenvalue weighted by Gasteiger charge is 2.18. The lowest BCUT2D eigenvalue weighted by Crippen LogP contribution is -2.25. The SMILES string of the molecule is O=C1C=CC(C(=O)Nc2cccc(CO)c2)N=N1. The zero-order chi connectivity index (χ0) is 13.0. The van der Waals surface area contributed by atoms with Crippen LogP contribution in [-0.2, 0) is 16.2 Å². The highest BCUT2D eigenvalue weighted by atomic mass is 16.3. The standard InChI is InChI=1S/C12H11N3O3/c16-7-8-2-1-3-9(6-8)13-12(18)10-4-5-11(17)15-14-10/h1-6,10,16H,7H2,(H,13,18). The van der Waals surface area contributed by atoms with Crippen LogP contribution in [0.4, 0.5) is 5.69 Å². The zero-order valence-electron chi connectivity index (χ0n) is 9.41. The molecule has 0 bridgehead atoms.